The maximum atomic E-state index is 12.4. The Balaban J connectivity index is 1.75. The van der Waals surface area contributed by atoms with Crippen molar-refractivity contribution in [2.45, 2.75) is 32.8 Å². The largest absolute Gasteiger partial charge is 0.444 e. The van der Waals surface area contributed by atoms with Gasteiger partial charge in [-0.05, 0) is 28.7 Å². The Morgan fingerprint density at radius 2 is 1.45 bits per heavy atom. The van der Waals surface area contributed by atoms with E-state index in [9.17, 15) is 9.59 Å². The van der Waals surface area contributed by atoms with Crippen molar-refractivity contribution in [3.63, 3.8) is 0 Å². The van der Waals surface area contributed by atoms with Crippen LogP contribution in [-0.4, -0.2) is 11.9 Å². The molecule has 0 spiro atoms. The summed E-state index contributed by atoms with van der Waals surface area (Å²) in [4.78, 5) is 24.8. The van der Waals surface area contributed by atoms with Crippen LogP contribution in [0.4, 0.5) is 4.79 Å². The van der Waals surface area contributed by atoms with Gasteiger partial charge in [-0.3, -0.25) is 10.1 Å². The molecular weight excluding hydrogens is 386 g/mol. The molecule has 0 aromatic heterocycles. The molecule has 4 heteroatoms. The lowest BCUT2D eigenvalue weighted by Gasteiger charge is -2.12. The van der Waals surface area contributed by atoms with E-state index in [4.69, 9.17) is 4.74 Å². The number of hydrogen-bond donors (Lipinski definition) is 1. The van der Waals surface area contributed by atoms with Crippen LogP contribution in [-0.2, 0) is 16.1 Å². The standard InChI is InChI=1S/C27H27NO3/c1-2-3-14-25(29)19-26(28-27(30)31-20-21-10-6-4-7-11-21)24-17-15-23(16-18-24)22-12-8-5-9-13-22/h4-13,15-19H,2-3,14,20H2,1H3,(H,28,30)/b26-19-. The number of rotatable bonds is 9. The third-order valence-electron chi connectivity index (χ3n) is 4.83. The molecule has 0 aliphatic rings. The molecule has 1 N–H and O–H groups in total. The molecule has 4 nitrogen and oxygen atoms in total. The fourth-order valence-corrected chi connectivity index (χ4v) is 3.12. The number of ether oxygens (including phenoxy) is 1. The molecule has 158 valence electrons. The van der Waals surface area contributed by atoms with E-state index < -0.39 is 6.09 Å². The molecule has 0 aliphatic heterocycles. The summed E-state index contributed by atoms with van der Waals surface area (Å²) in [6.07, 6.45) is 3.10. The summed E-state index contributed by atoms with van der Waals surface area (Å²) >= 11 is 0. The van der Waals surface area contributed by atoms with Crippen LogP contribution in [0.2, 0.25) is 0 Å². The van der Waals surface area contributed by atoms with Crippen LogP contribution in [0.1, 0.15) is 37.3 Å². The van der Waals surface area contributed by atoms with Crippen LogP contribution in [0.3, 0.4) is 0 Å². The Morgan fingerprint density at radius 1 is 0.839 bits per heavy atom. The van der Waals surface area contributed by atoms with E-state index in [0.29, 0.717) is 12.1 Å². The summed E-state index contributed by atoms with van der Waals surface area (Å²) in [6, 6.07) is 27.3. The molecule has 3 rings (SSSR count). The maximum Gasteiger partial charge on any atom is 0.411 e. The second kappa shape index (κ2) is 11.5. The minimum Gasteiger partial charge on any atom is -0.444 e. The second-order valence-electron chi connectivity index (χ2n) is 7.26. The number of hydrogen-bond acceptors (Lipinski definition) is 3. The maximum absolute atomic E-state index is 12.4. The van der Waals surface area contributed by atoms with Gasteiger partial charge in [0.25, 0.3) is 0 Å². The van der Waals surface area contributed by atoms with Crippen LogP contribution in [0, 0.1) is 0 Å². The predicted octanol–water partition coefficient (Wildman–Crippen LogP) is 6.38. The molecule has 0 saturated heterocycles. The van der Waals surface area contributed by atoms with Gasteiger partial charge in [-0.15, -0.1) is 0 Å². The summed E-state index contributed by atoms with van der Waals surface area (Å²) in [5.74, 6) is -0.0210. The third-order valence-corrected chi connectivity index (χ3v) is 4.83. The SMILES string of the molecule is CCCCC(=O)/C=C(\NC(=O)OCc1ccccc1)c1ccc(-c2ccccc2)cc1. The predicted molar refractivity (Wildman–Crippen MR) is 124 cm³/mol. The van der Waals surface area contributed by atoms with Crippen molar-refractivity contribution < 1.29 is 14.3 Å². The van der Waals surface area contributed by atoms with Crippen molar-refractivity contribution in [3.8, 4) is 11.1 Å². The number of unbranched alkanes of at least 4 members (excludes halogenated alkanes) is 1. The van der Waals surface area contributed by atoms with Gasteiger partial charge in [0.15, 0.2) is 5.78 Å². The highest BCUT2D eigenvalue weighted by molar-refractivity contribution is 5.98. The van der Waals surface area contributed by atoms with Crippen molar-refractivity contribution in [3.05, 3.63) is 102 Å². The summed E-state index contributed by atoms with van der Waals surface area (Å²) in [7, 11) is 0. The first-order valence-electron chi connectivity index (χ1n) is 10.5. The summed E-state index contributed by atoms with van der Waals surface area (Å²) < 4.78 is 5.33. The molecule has 3 aromatic carbocycles. The van der Waals surface area contributed by atoms with Gasteiger partial charge < -0.3 is 4.74 Å². The minimum absolute atomic E-state index is 0.0210. The van der Waals surface area contributed by atoms with Crippen molar-refractivity contribution in [1.29, 1.82) is 0 Å². The zero-order valence-corrected chi connectivity index (χ0v) is 17.7. The smallest absolute Gasteiger partial charge is 0.411 e. The number of allylic oxidation sites excluding steroid dienone is 1. The van der Waals surface area contributed by atoms with Gasteiger partial charge in [-0.2, -0.15) is 0 Å². The molecule has 0 heterocycles. The third kappa shape index (κ3) is 6.96. The molecule has 0 fully saturated rings. The fraction of sp³-hybridized carbons (Fsp3) is 0.185. The zero-order chi connectivity index (χ0) is 21.9. The van der Waals surface area contributed by atoms with Gasteiger partial charge in [0, 0.05) is 12.5 Å². The Morgan fingerprint density at radius 3 is 2.10 bits per heavy atom. The monoisotopic (exact) mass is 413 g/mol. The van der Waals surface area contributed by atoms with E-state index in [1.54, 1.807) is 0 Å². The molecule has 0 aliphatic carbocycles. The van der Waals surface area contributed by atoms with E-state index in [0.717, 1.165) is 35.1 Å². The molecule has 0 radical (unpaired) electrons. The number of alkyl carbamates (subject to hydrolysis) is 1. The van der Waals surface area contributed by atoms with Gasteiger partial charge in [0.1, 0.15) is 6.61 Å². The summed E-state index contributed by atoms with van der Waals surface area (Å²) in [5.41, 5.74) is 4.26. The topological polar surface area (TPSA) is 55.4 Å². The highest BCUT2D eigenvalue weighted by Gasteiger charge is 2.11. The second-order valence-corrected chi connectivity index (χ2v) is 7.26. The number of benzene rings is 3. The fourth-order valence-electron chi connectivity index (χ4n) is 3.12. The number of nitrogens with one attached hydrogen (secondary N) is 1. The number of ketones is 1. The van der Waals surface area contributed by atoms with Crippen molar-refractivity contribution >= 4 is 17.6 Å². The van der Waals surface area contributed by atoms with Crippen molar-refractivity contribution in [2.24, 2.45) is 0 Å². The van der Waals surface area contributed by atoms with Crippen LogP contribution in [0.5, 0.6) is 0 Å². The Labute approximate surface area is 183 Å². The van der Waals surface area contributed by atoms with Crippen LogP contribution in [0.15, 0.2) is 91.0 Å². The van der Waals surface area contributed by atoms with E-state index in [1.807, 2.05) is 91.9 Å². The highest BCUT2D eigenvalue weighted by atomic mass is 16.5. The molecule has 3 aromatic rings. The molecule has 31 heavy (non-hydrogen) atoms. The van der Waals surface area contributed by atoms with Gasteiger partial charge in [0.2, 0.25) is 0 Å². The number of amides is 1. The van der Waals surface area contributed by atoms with Gasteiger partial charge >= 0.3 is 6.09 Å². The highest BCUT2D eigenvalue weighted by Crippen LogP contribution is 2.22. The average Bonchev–Trinajstić information content (AvgIpc) is 2.82. The van der Waals surface area contributed by atoms with E-state index >= 15 is 0 Å². The first-order chi connectivity index (χ1) is 15.2. The normalized spacial score (nSPS) is 11.1. The summed E-state index contributed by atoms with van der Waals surface area (Å²) in [6.45, 7) is 2.20. The van der Waals surface area contributed by atoms with Crippen LogP contribution >= 0.6 is 0 Å². The number of carbonyl (C=O) groups excluding carboxylic acids is 2. The van der Waals surface area contributed by atoms with Gasteiger partial charge in [-0.1, -0.05) is 98.3 Å². The quantitative estimate of drug-likeness (QED) is 0.414. The lowest BCUT2D eigenvalue weighted by atomic mass is 10.0. The summed E-state index contributed by atoms with van der Waals surface area (Å²) in [5, 5.41) is 2.75. The average molecular weight is 414 g/mol. The van der Waals surface area contributed by atoms with Crippen molar-refractivity contribution in [2.75, 3.05) is 0 Å². The molecular formula is C27H27NO3. The van der Waals surface area contributed by atoms with Gasteiger partial charge in [-0.25, -0.2) is 4.79 Å². The zero-order valence-electron chi connectivity index (χ0n) is 17.7. The molecule has 0 unspecified atom stereocenters. The minimum atomic E-state index is -0.592. The van der Waals surface area contributed by atoms with Crippen molar-refractivity contribution in [1.82, 2.24) is 5.32 Å². The van der Waals surface area contributed by atoms with E-state index in [1.165, 1.54) is 6.08 Å². The Hall–Kier alpha value is -3.66. The van der Waals surface area contributed by atoms with E-state index in [2.05, 4.69) is 5.32 Å². The number of carbonyl (C=O) groups is 2. The van der Waals surface area contributed by atoms with Crippen LogP contribution in [0.25, 0.3) is 16.8 Å². The Bertz CT molecular complexity index is 1010. The van der Waals surface area contributed by atoms with Gasteiger partial charge in [0.05, 0.1) is 5.70 Å². The molecule has 1 amide bonds. The molecule has 0 saturated carbocycles. The molecule has 0 bridgehead atoms. The lowest BCUT2D eigenvalue weighted by molar-refractivity contribution is -0.114. The van der Waals surface area contributed by atoms with Crippen LogP contribution < -0.4 is 5.32 Å². The van der Waals surface area contributed by atoms with E-state index in [-0.39, 0.29) is 12.4 Å². The molecule has 0 atom stereocenters. The Kier molecular flexibility index (Phi) is 8.18. The lowest BCUT2D eigenvalue weighted by Crippen LogP contribution is -2.23. The first kappa shape index (κ1) is 22.0. The first-order valence-corrected chi connectivity index (χ1v) is 10.5.